The number of carboxylic acids is 1. The van der Waals surface area contributed by atoms with Crippen molar-refractivity contribution < 1.29 is 14.3 Å². The molecule has 0 aliphatic heterocycles. The van der Waals surface area contributed by atoms with Crippen molar-refractivity contribution in [3.63, 3.8) is 0 Å². The van der Waals surface area contributed by atoms with E-state index in [1.807, 2.05) is 0 Å². The number of nitrogens with one attached hydrogen (secondary N) is 1. The predicted molar refractivity (Wildman–Crippen MR) is 77.4 cm³/mol. The number of nitrogen functional groups attached to an aromatic ring is 1. The highest BCUT2D eigenvalue weighted by atomic mass is 19.1. The fourth-order valence-electron chi connectivity index (χ4n) is 3.02. The molecule has 3 unspecified atom stereocenters. The third kappa shape index (κ3) is 2.86. The number of carbonyl (C=O) groups is 1. The van der Waals surface area contributed by atoms with Gasteiger partial charge in [-0.1, -0.05) is 13.8 Å². The minimum Gasteiger partial charge on any atom is -0.478 e. The van der Waals surface area contributed by atoms with Crippen molar-refractivity contribution in [2.24, 2.45) is 11.8 Å². The average molecular weight is 280 g/mol. The molecule has 110 valence electrons. The summed E-state index contributed by atoms with van der Waals surface area (Å²) in [5.41, 5.74) is 5.48. The normalized spacial score (nSPS) is 26.2. The molecule has 1 aromatic carbocycles. The number of hydrogen-bond donors (Lipinski definition) is 3. The Hall–Kier alpha value is -1.78. The van der Waals surface area contributed by atoms with E-state index in [4.69, 9.17) is 5.73 Å². The molecule has 0 heterocycles. The number of carboxylic acid groups (broad SMARTS) is 1. The first-order valence-corrected chi connectivity index (χ1v) is 6.98. The topological polar surface area (TPSA) is 75.3 Å². The Bertz CT molecular complexity index is 519. The maximum absolute atomic E-state index is 13.4. The highest BCUT2D eigenvalue weighted by Gasteiger charge is 2.27. The van der Waals surface area contributed by atoms with Gasteiger partial charge in [-0.25, -0.2) is 9.18 Å². The van der Waals surface area contributed by atoms with Gasteiger partial charge in [0.1, 0.15) is 11.4 Å². The van der Waals surface area contributed by atoms with Gasteiger partial charge in [0.05, 0.1) is 11.4 Å². The summed E-state index contributed by atoms with van der Waals surface area (Å²) >= 11 is 0. The summed E-state index contributed by atoms with van der Waals surface area (Å²) in [7, 11) is 0. The molecule has 5 heteroatoms. The van der Waals surface area contributed by atoms with Gasteiger partial charge in [-0.2, -0.15) is 0 Å². The maximum Gasteiger partial charge on any atom is 0.340 e. The molecule has 0 spiro atoms. The smallest absolute Gasteiger partial charge is 0.340 e. The summed E-state index contributed by atoms with van der Waals surface area (Å²) in [5.74, 6) is -0.758. The highest BCUT2D eigenvalue weighted by molar-refractivity contribution is 6.00. The molecule has 0 amide bonds. The second kappa shape index (κ2) is 5.69. The molecular formula is C15H21FN2O2. The molecule has 1 aromatic rings. The van der Waals surface area contributed by atoms with Crippen molar-refractivity contribution in [2.45, 2.75) is 39.2 Å². The Labute approximate surface area is 118 Å². The standard InChI is InChI=1S/C15H21FN2O2/c1-8-3-5-11(9(2)7-8)18-12-6-4-10(16)14(17)13(12)15(19)20/h4,6,8-9,11,18H,3,5,7,17H2,1-2H3,(H,19,20). The third-order valence-electron chi connectivity index (χ3n) is 4.18. The molecule has 1 aliphatic carbocycles. The fraction of sp³-hybridized carbons (Fsp3) is 0.533. The van der Waals surface area contributed by atoms with E-state index >= 15 is 0 Å². The van der Waals surface area contributed by atoms with Crippen LogP contribution in [0.15, 0.2) is 12.1 Å². The van der Waals surface area contributed by atoms with Gasteiger partial charge in [0, 0.05) is 6.04 Å². The van der Waals surface area contributed by atoms with Crippen molar-refractivity contribution in [1.82, 2.24) is 0 Å². The van der Waals surface area contributed by atoms with Gasteiger partial charge in [-0.3, -0.25) is 0 Å². The Morgan fingerprint density at radius 2 is 2.10 bits per heavy atom. The lowest BCUT2D eigenvalue weighted by atomic mass is 9.79. The summed E-state index contributed by atoms with van der Waals surface area (Å²) in [4.78, 5) is 11.3. The molecule has 20 heavy (non-hydrogen) atoms. The van der Waals surface area contributed by atoms with Crippen LogP contribution in [0.4, 0.5) is 15.8 Å². The maximum atomic E-state index is 13.4. The Balaban J connectivity index is 2.25. The third-order valence-corrected chi connectivity index (χ3v) is 4.18. The predicted octanol–water partition coefficient (Wildman–Crippen LogP) is 3.34. The van der Waals surface area contributed by atoms with Crippen LogP contribution >= 0.6 is 0 Å². The van der Waals surface area contributed by atoms with Crippen molar-refractivity contribution in [2.75, 3.05) is 11.1 Å². The van der Waals surface area contributed by atoms with Gasteiger partial charge < -0.3 is 16.2 Å². The van der Waals surface area contributed by atoms with E-state index in [0.717, 1.165) is 19.3 Å². The summed E-state index contributed by atoms with van der Waals surface area (Å²) in [6, 6.07) is 2.87. The van der Waals surface area contributed by atoms with Crippen LogP contribution < -0.4 is 11.1 Å². The van der Waals surface area contributed by atoms with Crippen molar-refractivity contribution in [1.29, 1.82) is 0 Å². The van der Waals surface area contributed by atoms with Crippen LogP contribution in [-0.4, -0.2) is 17.1 Å². The minimum absolute atomic E-state index is 0.171. The minimum atomic E-state index is -1.21. The zero-order valence-electron chi connectivity index (χ0n) is 11.8. The van der Waals surface area contributed by atoms with E-state index in [-0.39, 0.29) is 17.3 Å². The van der Waals surface area contributed by atoms with E-state index in [0.29, 0.717) is 17.5 Å². The number of rotatable bonds is 3. The van der Waals surface area contributed by atoms with Crippen molar-refractivity contribution in [3.8, 4) is 0 Å². The van der Waals surface area contributed by atoms with Crippen molar-refractivity contribution in [3.05, 3.63) is 23.5 Å². The number of aromatic carboxylic acids is 1. The number of anilines is 2. The molecular weight excluding hydrogens is 259 g/mol. The number of benzene rings is 1. The Morgan fingerprint density at radius 3 is 2.70 bits per heavy atom. The van der Waals surface area contributed by atoms with E-state index in [9.17, 15) is 14.3 Å². The van der Waals surface area contributed by atoms with E-state index in [1.54, 1.807) is 0 Å². The number of hydrogen-bond acceptors (Lipinski definition) is 3. The second-order valence-electron chi connectivity index (χ2n) is 5.84. The molecule has 1 saturated carbocycles. The summed E-state index contributed by atoms with van der Waals surface area (Å²) in [5, 5.41) is 12.5. The molecule has 2 rings (SSSR count). The second-order valence-corrected chi connectivity index (χ2v) is 5.84. The average Bonchev–Trinajstić information content (AvgIpc) is 2.36. The first-order valence-electron chi connectivity index (χ1n) is 6.98. The van der Waals surface area contributed by atoms with Crippen molar-refractivity contribution >= 4 is 17.3 Å². The first kappa shape index (κ1) is 14.6. The molecule has 4 N–H and O–H groups in total. The van der Waals surface area contributed by atoms with E-state index < -0.39 is 11.8 Å². The Kier molecular flexibility index (Phi) is 4.16. The SMILES string of the molecule is CC1CCC(Nc2ccc(F)c(N)c2C(=O)O)C(C)C1. The van der Waals surface area contributed by atoms with E-state index in [1.165, 1.54) is 12.1 Å². The van der Waals surface area contributed by atoms with Crippen LogP contribution in [0, 0.1) is 17.7 Å². The fourth-order valence-corrected chi connectivity index (χ4v) is 3.02. The molecule has 1 fully saturated rings. The molecule has 0 aromatic heterocycles. The summed E-state index contributed by atoms with van der Waals surface area (Å²) in [6.07, 6.45) is 3.20. The summed E-state index contributed by atoms with van der Waals surface area (Å²) in [6.45, 7) is 4.38. The molecule has 0 bridgehead atoms. The molecule has 1 aliphatic rings. The lowest BCUT2D eigenvalue weighted by molar-refractivity contribution is 0.0698. The van der Waals surface area contributed by atoms with Crippen LogP contribution in [0.25, 0.3) is 0 Å². The molecule has 3 atom stereocenters. The molecule has 4 nitrogen and oxygen atoms in total. The quantitative estimate of drug-likeness (QED) is 0.742. The van der Waals surface area contributed by atoms with Crippen LogP contribution in [0.2, 0.25) is 0 Å². The molecule has 0 saturated heterocycles. The van der Waals surface area contributed by atoms with Crippen LogP contribution in [-0.2, 0) is 0 Å². The number of halogens is 1. The number of nitrogens with two attached hydrogens (primary N) is 1. The van der Waals surface area contributed by atoms with Gasteiger partial charge >= 0.3 is 5.97 Å². The largest absolute Gasteiger partial charge is 0.478 e. The van der Waals surface area contributed by atoms with Gasteiger partial charge in [0.15, 0.2) is 0 Å². The van der Waals surface area contributed by atoms with Gasteiger partial charge in [-0.05, 0) is 43.2 Å². The zero-order valence-corrected chi connectivity index (χ0v) is 11.8. The monoisotopic (exact) mass is 280 g/mol. The van der Waals surface area contributed by atoms with Gasteiger partial charge in [0.2, 0.25) is 0 Å². The van der Waals surface area contributed by atoms with E-state index in [2.05, 4.69) is 19.2 Å². The van der Waals surface area contributed by atoms with Gasteiger partial charge in [0.25, 0.3) is 0 Å². The van der Waals surface area contributed by atoms with Crippen LogP contribution in [0.5, 0.6) is 0 Å². The zero-order chi connectivity index (χ0) is 14.9. The van der Waals surface area contributed by atoms with Crippen LogP contribution in [0.1, 0.15) is 43.5 Å². The lowest BCUT2D eigenvalue weighted by Gasteiger charge is -2.34. The highest BCUT2D eigenvalue weighted by Crippen LogP contribution is 2.33. The first-order chi connectivity index (χ1) is 9.40. The summed E-state index contributed by atoms with van der Waals surface area (Å²) < 4.78 is 13.4. The van der Waals surface area contributed by atoms with Gasteiger partial charge in [-0.15, -0.1) is 0 Å². The lowest BCUT2D eigenvalue weighted by Crippen LogP contribution is -2.33. The molecule has 0 radical (unpaired) electrons. The Morgan fingerprint density at radius 1 is 1.40 bits per heavy atom. The van der Waals surface area contributed by atoms with Crippen LogP contribution in [0.3, 0.4) is 0 Å².